The zero-order valence-electron chi connectivity index (χ0n) is 27.8. The maximum absolute atomic E-state index is 4.63. The van der Waals surface area contributed by atoms with Crippen LogP contribution in [0, 0.1) is 38.2 Å². The van der Waals surface area contributed by atoms with Crippen molar-refractivity contribution < 1.29 is 20.1 Å². The van der Waals surface area contributed by atoms with Crippen molar-refractivity contribution in [2.75, 3.05) is 49.5 Å². The summed E-state index contributed by atoms with van der Waals surface area (Å²) < 4.78 is 0. The Morgan fingerprint density at radius 1 is 0.529 bits per heavy atom. The summed E-state index contributed by atoms with van der Waals surface area (Å²) in [6.07, 6.45) is 12.6. The molecule has 0 saturated heterocycles. The zero-order chi connectivity index (χ0) is 33.7. The average Bonchev–Trinajstić information content (AvgIpc) is 3.86. The largest absolute Gasteiger partial charge is 0.500 e. The summed E-state index contributed by atoms with van der Waals surface area (Å²) in [5, 5.41) is 0. The van der Waals surface area contributed by atoms with Gasteiger partial charge in [-0.05, 0) is 57.2 Å². The number of nitrogens with zero attached hydrogens (tertiary/aromatic N) is 11. The van der Waals surface area contributed by atoms with Crippen molar-refractivity contribution in [3.8, 4) is 0 Å². The first-order chi connectivity index (χ1) is 24.7. The Hall–Kier alpha value is -5.58. The molecule has 4 aromatic heterocycles. The molecule has 259 valence electrons. The normalized spacial score (nSPS) is 14.1. The van der Waals surface area contributed by atoms with Gasteiger partial charge in [0.2, 0.25) is 0 Å². The predicted octanol–water partition coefficient (Wildman–Crippen LogP) is 7.09. The van der Waals surface area contributed by atoms with Crippen LogP contribution < -0.4 is 29.4 Å². The number of pyridine rings is 3. The Balaban J connectivity index is 0.000000200. The molecular formula is C39H33IrN11-6. The third-order valence-corrected chi connectivity index (χ3v) is 8.43. The second kappa shape index (κ2) is 15.5. The second-order valence-electron chi connectivity index (χ2n) is 11.7. The van der Waals surface area contributed by atoms with E-state index in [1.807, 2.05) is 84.4 Å². The number of aromatic nitrogens is 5. The quantitative estimate of drug-likeness (QED) is 0.116. The Kier molecular flexibility index (Phi) is 10.3. The van der Waals surface area contributed by atoms with Gasteiger partial charge < -0.3 is 34.4 Å². The molecule has 0 unspecified atom stereocenters. The fourth-order valence-corrected chi connectivity index (χ4v) is 6.10. The molecule has 0 saturated carbocycles. The molecule has 0 N–H and O–H groups in total. The van der Waals surface area contributed by atoms with E-state index in [-0.39, 0.29) is 20.1 Å². The Morgan fingerprint density at radius 3 is 1.59 bits per heavy atom. The molecule has 0 atom stereocenters. The number of benzene rings is 2. The van der Waals surface area contributed by atoms with E-state index < -0.39 is 0 Å². The summed E-state index contributed by atoms with van der Waals surface area (Å²) in [5.41, 5.74) is 5.12. The third kappa shape index (κ3) is 7.06. The van der Waals surface area contributed by atoms with Gasteiger partial charge in [-0.15, -0.1) is 18.0 Å². The third-order valence-electron chi connectivity index (χ3n) is 8.43. The number of fused-ring (bicyclic) bond motifs is 3. The van der Waals surface area contributed by atoms with Crippen LogP contribution in [0.3, 0.4) is 0 Å². The Morgan fingerprint density at radius 2 is 1.06 bits per heavy atom. The van der Waals surface area contributed by atoms with Gasteiger partial charge in [0.25, 0.3) is 0 Å². The summed E-state index contributed by atoms with van der Waals surface area (Å²) >= 11 is 0. The number of para-hydroxylation sites is 2. The molecule has 0 amide bonds. The van der Waals surface area contributed by atoms with Gasteiger partial charge in [-0.25, -0.2) is 19.9 Å². The molecule has 11 nitrogen and oxygen atoms in total. The van der Waals surface area contributed by atoms with Crippen molar-refractivity contribution in [1.82, 2.24) is 24.9 Å². The minimum atomic E-state index is 0. The fourth-order valence-electron chi connectivity index (χ4n) is 6.10. The van der Waals surface area contributed by atoms with E-state index >= 15 is 0 Å². The molecule has 3 aliphatic heterocycles. The van der Waals surface area contributed by atoms with Gasteiger partial charge in [0.1, 0.15) is 23.3 Å². The van der Waals surface area contributed by atoms with Gasteiger partial charge in [-0.2, -0.15) is 86.1 Å². The second-order valence-corrected chi connectivity index (χ2v) is 11.7. The molecule has 0 aliphatic carbocycles. The smallest absolute Gasteiger partial charge is 0.144 e. The predicted molar refractivity (Wildman–Crippen MR) is 196 cm³/mol. The molecular weight excluding hydrogens is 815 g/mol. The molecule has 1 radical (unpaired) electrons. The zero-order valence-corrected chi connectivity index (χ0v) is 30.2. The van der Waals surface area contributed by atoms with E-state index in [9.17, 15) is 0 Å². The van der Waals surface area contributed by atoms with Gasteiger partial charge >= 0.3 is 0 Å². The van der Waals surface area contributed by atoms with Crippen LogP contribution in [0.5, 0.6) is 0 Å². The molecule has 51 heavy (non-hydrogen) atoms. The Labute approximate surface area is 312 Å². The van der Waals surface area contributed by atoms with Gasteiger partial charge in [-0.1, -0.05) is 18.1 Å². The van der Waals surface area contributed by atoms with Crippen molar-refractivity contribution in [3.63, 3.8) is 0 Å². The molecule has 0 bridgehead atoms. The van der Waals surface area contributed by atoms with Crippen molar-refractivity contribution in [2.24, 2.45) is 0 Å². The molecule has 7 heterocycles. The minimum Gasteiger partial charge on any atom is -0.500 e. The molecule has 2 aromatic carbocycles. The van der Waals surface area contributed by atoms with E-state index in [0.29, 0.717) is 0 Å². The van der Waals surface area contributed by atoms with Crippen molar-refractivity contribution in [3.05, 3.63) is 154 Å². The first-order valence-electron chi connectivity index (χ1n) is 16.4. The number of hydrogen-bond donors (Lipinski definition) is 0. The van der Waals surface area contributed by atoms with Crippen LogP contribution in [0.25, 0.3) is 0 Å². The van der Waals surface area contributed by atoms with Crippen LogP contribution in [-0.4, -0.2) is 45.1 Å². The van der Waals surface area contributed by atoms with Gasteiger partial charge in [0.15, 0.2) is 0 Å². The van der Waals surface area contributed by atoms with Crippen molar-refractivity contribution in [1.29, 1.82) is 0 Å². The monoisotopic (exact) mass is 848 g/mol. The van der Waals surface area contributed by atoms with Crippen LogP contribution in [0.1, 0.15) is 12.8 Å². The SMILES string of the molecule is CN1[CH-]N(c2[c-]ccnc2)c2nccnc21.[Ir].[c-]1ccccc1N1[CH-]N(CCCCN2[CH-]N(c3[c-]cccc3)c3ncccc32)c2cccnc21. The fraction of sp³-hybridized carbons (Fsp3) is 0.128. The van der Waals surface area contributed by atoms with E-state index in [2.05, 4.69) is 100 Å². The van der Waals surface area contributed by atoms with Crippen LogP contribution in [0.2, 0.25) is 0 Å². The summed E-state index contributed by atoms with van der Waals surface area (Å²) in [7, 11) is 1.93. The molecule has 12 heteroatoms. The molecule has 6 aromatic rings. The van der Waals surface area contributed by atoms with E-state index in [4.69, 9.17) is 0 Å². The molecule has 0 spiro atoms. The summed E-state index contributed by atoms with van der Waals surface area (Å²) in [5.74, 6) is 3.54. The molecule has 9 rings (SSSR count). The maximum atomic E-state index is 4.63. The molecule has 0 fully saturated rings. The Bertz CT molecular complexity index is 1920. The van der Waals surface area contributed by atoms with Crippen molar-refractivity contribution in [2.45, 2.75) is 12.8 Å². The summed E-state index contributed by atoms with van der Waals surface area (Å²) in [6, 6.07) is 35.8. The summed E-state index contributed by atoms with van der Waals surface area (Å²) in [6.45, 7) is 8.03. The first-order valence-corrected chi connectivity index (χ1v) is 16.4. The molecule has 3 aliphatic rings. The van der Waals surface area contributed by atoms with Crippen molar-refractivity contribution >= 4 is 51.7 Å². The average molecular weight is 848 g/mol. The first kappa shape index (κ1) is 33.9. The number of anilines is 9. The number of unbranched alkanes of at least 4 members (excludes halogenated alkanes) is 1. The summed E-state index contributed by atoms with van der Waals surface area (Å²) in [4.78, 5) is 34.5. The standard InChI is InChI=1S/C28H24N6.C11H9N5.Ir/c1-3-11-23(12-4-1)33-21-31(25-15-9-17-29-27(25)33)19-7-8-20-32-22-34(24-13-5-2-6-14-24)28-26(32)16-10-18-30-28;1-15-8-16(9-3-2-4-12-7-9)11-10(15)13-5-6-14-11;/h1-6,9-11,13,15-18,21-22H,7-8,19-20H2;2,4-8H,1H3;/q-4;-2;. The van der Waals surface area contributed by atoms with Gasteiger partial charge in [-0.3, -0.25) is 0 Å². The van der Waals surface area contributed by atoms with E-state index in [1.54, 1.807) is 30.9 Å². The van der Waals surface area contributed by atoms with Crippen LogP contribution in [0.4, 0.5) is 51.7 Å². The number of rotatable bonds is 8. The maximum Gasteiger partial charge on any atom is 0.144 e. The van der Waals surface area contributed by atoms with E-state index in [1.165, 1.54) is 0 Å². The van der Waals surface area contributed by atoms with Crippen LogP contribution in [0.15, 0.2) is 116 Å². The number of hydrogen-bond acceptors (Lipinski definition) is 11. The minimum absolute atomic E-state index is 0. The van der Waals surface area contributed by atoms with Crippen LogP contribution >= 0.6 is 0 Å². The topological polar surface area (TPSA) is 83.9 Å². The van der Waals surface area contributed by atoms with Gasteiger partial charge in [0.05, 0.1) is 0 Å². The van der Waals surface area contributed by atoms with Gasteiger partial charge in [0, 0.05) is 56.3 Å². The van der Waals surface area contributed by atoms with Crippen LogP contribution in [-0.2, 0) is 20.1 Å². The van der Waals surface area contributed by atoms with E-state index in [0.717, 1.165) is 77.6 Å².